The first-order valence-corrected chi connectivity index (χ1v) is 8.84. The Kier molecular flexibility index (Phi) is 6.23. The van der Waals surface area contributed by atoms with Gasteiger partial charge in [-0.1, -0.05) is 72.3 Å². The average molecular weight is 380 g/mol. The molecular formula is C22H18ClNO3. The van der Waals surface area contributed by atoms with Crippen molar-refractivity contribution in [3.63, 3.8) is 0 Å². The van der Waals surface area contributed by atoms with Crippen molar-refractivity contribution in [2.45, 2.75) is 6.42 Å². The number of anilines is 1. The molecule has 0 bridgehead atoms. The van der Waals surface area contributed by atoms with Crippen LogP contribution in [0.1, 0.15) is 21.5 Å². The van der Waals surface area contributed by atoms with Gasteiger partial charge in [-0.3, -0.25) is 4.79 Å². The molecule has 0 radical (unpaired) electrons. The molecule has 0 atom stereocenters. The Morgan fingerprint density at radius 2 is 1.52 bits per heavy atom. The van der Waals surface area contributed by atoms with Gasteiger partial charge in [0.25, 0.3) is 5.91 Å². The van der Waals surface area contributed by atoms with Gasteiger partial charge in [-0.2, -0.15) is 0 Å². The van der Waals surface area contributed by atoms with E-state index >= 15 is 0 Å². The van der Waals surface area contributed by atoms with E-state index < -0.39 is 11.9 Å². The number of carbonyl (C=O) groups is 2. The summed E-state index contributed by atoms with van der Waals surface area (Å²) in [5.41, 5.74) is 3.05. The molecule has 1 amide bonds. The largest absolute Gasteiger partial charge is 0.452 e. The van der Waals surface area contributed by atoms with Crippen molar-refractivity contribution in [2.75, 3.05) is 11.9 Å². The Morgan fingerprint density at radius 1 is 0.852 bits per heavy atom. The van der Waals surface area contributed by atoms with Crippen molar-refractivity contribution < 1.29 is 14.3 Å². The van der Waals surface area contributed by atoms with Gasteiger partial charge in [0.1, 0.15) is 0 Å². The number of halogens is 1. The van der Waals surface area contributed by atoms with Crippen LogP contribution >= 0.6 is 11.6 Å². The van der Waals surface area contributed by atoms with E-state index in [0.717, 1.165) is 11.1 Å². The maximum atomic E-state index is 12.2. The maximum absolute atomic E-state index is 12.2. The lowest BCUT2D eigenvalue weighted by molar-refractivity contribution is -0.119. The topological polar surface area (TPSA) is 55.4 Å². The lowest BCUT2D eigenvalue weighted by atomic mass is 10.0. The van der Waals surface area contributed by atoms with Crippen molar-refractivity contribution in [2.24, 2.45) is 0 Å². The van der Waals surface area contributed by atoms with Crippen molar-refractivity contribution in [1.82, 2.24) is 0 Å². The minimum Gasteiger partial charge on any atom is -0.452 e. The Balaban J connectivity index is 1.61. The van der Waals surface area contributed by atoms with E-state index in [2.05, 4.69) is 5.32 Å². The predicted octanol–water partition coefficient (Wildman–Crippen LogP) is 4.73. The van der Waals surface area contributed by atoms with Crippen LogP contribution in [-0.4, -0.2) is 18.5 Å². The molecular weight excluding hydrogens is 362 g/mol. The van der Waals surface area contributed by atoms with E-state index in [9.17, 15) is 9.59 Å². The predicted molar refractivity (Wildman–Crippen MR) is 106 cm³/mol. The molecule has 3 aromatic rings. The van der Waals surface area contributed by atoms with Crippen molar-refractivity contribution in [3.8, 4) is 0 Å². The third-order valence-electron chi connectivity index (χ3n) is 3.96. The summed E-state index contributed by atoms with van der Waals surface area (Å²) >= 11 is 5.96. The van der Waals surface area contributed by atoms with Crippen LogP contribution in [0.25, 0.3) is 0 Å². The summed E-state index contributed by atoms with van der Waals surface area (Å²) in [7, 11) is 0. The molecule has 27 heavy (non-hydrogen) atoms. The standard InChI is InChI=1S/C22H18ClNO3/c23-19-12-6-5-11-18(19)22(26)27-15-21(25)24-20-13-7-4-10-17(20)14-16-8-2-1-3-9-16/h1-13H,14-15H2,(H,24,25). The molecule has 136 valence electrons. The highest BCUT2D eigenvalue weighted by atomic mass is 35.5. The van der Waals surface area contributed by atoms with Crippen LogP contribution < -0.4 is 5.32 Å². The molecule has 0 fully saturated rings. The van der Waals surface area contributed by atoms with E-state index in [4.69, 9.17) is 16.3 Å². The number of rotatable bonds is 6. The van der Waals surface area contributed by atoms with Gasteiger partial charge >= 0.3 is 5.97 Å². The quantitative estimate of drug-likeness (QED) is 0.630. The van der Waals surface area contributed by atoms with Crippen LogP contribution in [0.2, 0.25) is 5.02 Å². The molecule has 0 saturated heterocycles. The molecule has 0 spiro atoms. The lowest BCUT2D eigenvalue weighted by Gasteiger charge is -2.12. The Hall–Kier alpha value is -3.11. The highest BCUT2D eigenvalue weighted by Crippen LogP contribution is 2.19. The molecule has 0 aliphatic carbocycles. The molecule has 0 aromatic heterocycles. The Morgan fingerprint density at radius 3 is 2.30 bits per heavy atom. The third-order valence-corrected chi connectivity index (χ3v) is 4.29. The van der Waals surface area contributed by atoms with Crippen LogP contribution in [-0.2, 0) is 16.0 Å². The summed E-state index contributed by atoms with van der Waals surface area (Å²) in [6.07, 6.45) is 0.691. The molecule has 1 N–H and O–H groups in total. The van der Waals surface area contributed by atoms with Crippen molar-refractivity contribution in [1.29, 1.82) is 0 Å². The SMILES string of the molecule is O=C(COC(=O)c1ccccc1Cl)Nc1ccccc1Cc1ccccc1. The molecule has 0 saturated carbocycles. The van der Waals surface area contributed by atoms with Crippen LogP contribution in [0.3, 0.4) is 0 Å². The minimum absolute atomic E-state index is 0.233. The molecule has 5 heteroatoms. The number of esters is 1. The van der Waals surface area contributed by atoms with Gasteiger partial charge in [0.15, 0.2) is 6.61 Å². The fraction of sp³-hybridized carbons (Fsp3) is 0.0909. The summed E-state index contributed by atoms with van der Waals surface area (Å²) in [5.74, 6) is -1.04. The minimum atomic E-state index is -0.631. The van der Waals surface area contributed by atoms with Gasteiger partial charge in [0.05, 0.1) is 10.6 Å². The zero-order valence-electron chi connectivity index (χ0n) is 14.5. The van der Waals surface area contributed by atoms with E-state index in [-0.39, 0.29) is 17.2 Å². The zero-order chi connectivity index (χ0) is 19.1. The third kappa shape index (κ3) is 5.19. The normalized spacial score (nSPS) is 10.3. The van der Waals surface area contributed by atoms with E-state index in [1.54, 1.807) is 24.3 Å². The number of benzene rings is 3. The summed E-state index contributed by atoms with van der Waals surface area (Å²) in [6.45, 7) is -0.385. The van der Waals surface area contributed by atoms with Gasteiger partial charge < -0.3 is 10.1 Å². The second kappa shape index (κ2) is 9.01. The fourth-order valence-electron chi connectivity index (χ4n) is 2.63. The van der Waals surface area contributed by atoms with Gasteiger partial charge in [0.2, 0.25) is 0 Å². The number of hydrogen-bond donors (Lipinski definition) is 1. The highest BCUT2D eigenvalue weighted by Gasteiger charge is 2.14. The van der Waals surface area contributed by atoms with Gasteiger partial charge in [-0.05, 0) is 35.7 Å². The number of amides is 1. The number of nitrogens with one attached hydrogen (secondary N) is 1. The smallest absolute Gasteiger partial charge is 0.340 e. The zero-order valence-corrected chi connectivity index (χ0v) is 15.3. The number of carbonyl (C=O) groups excluding carboxylic acids is 2. The number of hydrogen-bond acceptors (Lipinski definition) is 3. The van der Waals surface area contributed by atoms with E-state index in [1.807, 2.05) is 54.6 Å². The first-order chi connectivity index (χ1) is 13.1. The molecule has 3 rings (SSSR count). The summed E-state index contributed by atoms with van der Waals surface area (Å²) in [5, 5.41) is 3.09. The van der Waals surface area contributed by atoms with Crippen LogP contribution in [0.15, 0.2) is 78.9 Å². The second-order valence-corrected chi connectivity index (χ2v) is 6.33. The number of para-hydroxylation sites is 1. The maximum Gasteiger partial charge on any atom is 0.340 e. The van der Waals surface area contributed by atoms with Crippen LogP contribution in [0, 0.1) is 0 Å². The van der Waals surface area contributed by atoms with E-state index in [1.165, 1.54) is 0 Å². The van der Waals surface area contributed by atoms with E-state index in [0.29, 0.717) is 12.1 Å². The highest BCUT2D eigenvalue weighted by molar-refractivity contribution is 6.33. The molecule has 0 unspecified atom stereocenters. The summed E-state index contributed by atoms with van der Waals surface area (Å²) in [6, 6.07) is 24.1. The Labute approximate surface area is 162 Å². The molecule has 0 aliphatic rings. The molecule has 0 heterocycles. The second-order valence-electron chi connectivity index (χ2n) is 5.92. The lowest BCUT2D eigenvalue weighted by Crippen LogP contribution is -2.21. The average Bonchev–Trinajstić information content (AvgIpc) is 2.69. The van der Waals surface area contributed by atoms with Gasteiger partial charge in [-0.25, -0.2) is 4.79 Å². The van der Waals surface area contributed by atoms with Gasteiger partial charge in [-0.15, -0.1) is 0 Å². The van der Waals surface area contributed by atoms with Crippen molar-refractivity contribution in [3.05, 3.63) is 101 Å². The van der Waals surface area contributed by atoms with Gasteiger partial charge in [0, 0.05) is 5.69 Å². The fourth-order valence-corrected chi connectivity index (χ4v) is 2.85. The molecule has 4 nitrogen and oxygen atoms in total. The Bertz CT molecular complexity index is 941. The van der Waals surface area contributed by atoms with Crippen molar-refractivity contribution >= 4 is 29.2 Å². The molecule has 3 aromatic carbocycles. The van der Waals surface area contributed by atoms with Crippen LogP contribution in [0.4, 0.5) is 5.69 Å². The summed E-state index contributed by atoms with van der Waals surface area (Å²) in [4.78, 5) is 24.3. The first kappa shape index (κ1) is 18.7. The number of ether oxygens (including phenoxy) is 1. The monoisotopic (exact) mass is 379 g/mol. The van der Waals surface area contributed by atoms with Crippen LogP contribution in [0.5, 0.6) is 0 Å². The molecule has 0 aliphatic heterocycles. The first-order valence-electron chi connectivity index (χ1n) is 8.47. The summed E-state index contributed by atoms with van der Waals surface area (Å²) < 4.78 is 5.07.